The van der Waals surface area contributed by atoms with Crippen molar-refractivity contribution in [2.75, 3.05) is 24.5 Å². The van der Waals surface area contributed by atoms with Crippen LogP contribution in [0.1, 0.15) is 29.5 Å². The third-order valence-electron chi connectivity index (χ3n) is 4.92. The summed E-state index contributed by atoms with van der Waals surface area (Å²) < 4.78 is 0. The lowest BCUT2D eigenvalue weighted by Gasteiger charge is -2.23. The maximum Gasteiger partial charge on any atom is 0.228 e. The van der Waals surface area contributed by atoms with Gasteiger partial charge in [-0.15, -0.1) is 0 Å². The number of rotatable bonds is 2. The number of aryl methyl sites for hydroxylation is 3. The van der Waals surface area contributed by atoms with Crippen molar-refractivity contribution in [1.29, 1.82) is 0 Å². The van der Waals surface area contributed by atoms with Crippen molar-refractivity contribution in [3.05, 3.63) is 28.8 Å². The molecule has 2 atom stereocenters. The standard InChI is InChI=1S/C18H25N3O2/c1-11-6-12(2)17(13(3)7-11)21-9-14(8-16(21)22)18(23)20-5-4-15(19)10-20/h6-7,14-15H,4-5,8-10,19H2,1-3H3/t14-,15-/m0/s1. The van der Waals surface area contributed by atoms with Gasteiger partial charge in [0.1, 0.15) is 0 Å². The lowest BCUT2D eigenvalue weighted by Crippen LogP contribution is -2.37. The molecule has 0 spiro atoms. The van der Waals surface area contributed by atoms with E-state index in [1.54, 1.807) is 4.90 Å². The number of nitrogens with zero attached hydrogens (tertiary/aromatic N) is 2. The van der Waals surface area contributed by atoms with E-state index in [4.69, 9.17) is 5.73 Å². The number of carbonyl (C=O) groups is 2. The Morgan fingerprint density at radius 3 is 2.39 bits per heavy atom. The smallest absolute Gasteiger partial charge is 0.228 e. The van der Waals surface area contributed by atoms with E-state index in [0.717, 1.165) is 23.2 Å². The first-order valence-electron chi connectivity index (χ1n) is 8.29. The Morgan fingerprint density at radius 1 is 1.17 bits per heavy atom. The average molecular weight is 315 g/mol. The van der Waals surface area contributed by atoms with Gasteiger partial charge in [0.2, 0.25) is 11.8 Å². The highest BCUT2D eigenvalue weighted by atomic mass is 16.2. The fraction of sp³-hybridized carbons (Fsp3) is 0.556. The number of hydrogen-bond acceptors (Lipinski definition) is 3. The van der Waals surface area contributed by atoms with Gasteiger partial charge in [-0.1, -0.05) is 17.7 Å². The average Bonchev–Trinajstić information content (AvgIpc) is 3.04. The summed E-state index contributed by atoms with van der Waals surface area (Å²) in [6, 6.07) is 4.25. The molecule has 3 rings (SSSR count). The second-order valence-electron chi connectivity index (χ2n) is 6.99. The van der Waals surface area contributed by atoms with E-state index < -0.39 is 0 Å². The Hall–Kier alpha value is -1.88. The summed E-state index contributed by atoms with van der Waals surface area (Å²) in [5.41, 5.74) is 10.2. The van der Waals surface area contributed by atoms with Crippen LogP contribution in [0.2, 0.25) is 0 Å². The van der Waals surface area contributed by atoms with Gasteiger partial charge in [0.05, 0.1) is 5.92 Å². The first kappa shape index (κ1) is 16.0. The van der Waals surface area contributed by atoms with Crippen LogP contribution in [-0.2, 0) is 9.59 Å². The summed E-state index contributed by atoms with van der Waals surface area (Å²) in [5, 5.41) is 0. The number of carbonyl (C=O) groups excluding carboxylic acids is 2. The molecule has 0 unspecified atom stereocenters. The number of likely N-dealkylation sites (tertiary alicyclic amines) is 1. The number of hydrogen-bond donors (Lipinski definition) is 1. The zero-order valence-corrected chi connectivity index (χ0v) is 14.1. The molecule has 5 heteroatoms. The second-order valence-corrected chi connectivity index (χ2v) is 6.99. The van der Waals surface area contributed by atoms with Crippen molar-refractivity contribution >= 4 is 17.5 Å². The van der Waals surface area contributed by atoms with Gasteiger partial charge in [-0.25, -0.2) is 0 Å². The highest BCUT2D eigenvalue weighted by Gasteiger charge is 2.39. The molecular formula is C18H25N3O2. The van der Waals surface area contributed by atoms with Crippen LogP contribution in [0.25, 0.3) is 0 Å². The summed E-state index contributed by atoms with van der Waals surface area (Å²) >= 11 is 0. The molecule has 1 aromatic carbocycles. The van der Waals surface area contributed by atoms with Gasteiger partial charge in [-0.2, -0.15) is 0 Å². The predicted octanol–water partition coefficient (Wildman–Crippen LogP) is 1.52. The molecule has 1 aromatic rings. The van der Waals surface area contributed by atoms with Crippen molar-refractivity contribution in [3.63, 3.8) is 0 Å². The maximum atomic E-state index is 12.6. The Bertz CT molecular complexity index is 633. The molecule has 2 heterocycles. The largest absolute Gasteiger partial charge is 0.341 e. The van der Waals surface area contributed by atoms with Crippen molar-refractivity contribution < 1.29 is 9.59 Å². The summed E-state index contributed by atoms with van der Waals surface area (Å²) in [6.45, 7) is 7.92. The Balaban J connectivity index is 1.79. The predicted molar refractivity (Wildman–Crippen MR) is 90.3 cm³/mol. The highest BCUT2D eigenvalue weighted by Crippen LogP contribution is 2.32. The van der Waals surface area contributed by atoms with Crippen molar-refractivity contribution in [3.8, 4) is 0 Å². The van der Waals surface area contributed by atoms with Crippen LogP contribution in [0.3, 0.4) is 0 Å². The molecule has 0 saturated carbocycles. The van der Waals surface area contributed by atoms with E-state index in [1.807, 2.05) is 18.7 Å². The first-order valence-corrected chi connectivity index (χ1v) is 8.29. The number of benzene rings is 1. The van der Waals surface area contributed by atoms with Gasteiger partial charge >= 0.3 is 0 Å². The lowest BCUT2D eigenvalue weighted by atomic mass is 10.0. The van der Waals surface area contributed by atoms with Crippen molar-refractivity contribution in [1.82, 2.24) is 4.90 Å². The molecule has 0 aliphatic carbocycles. The van der Waals surface area contributed by atoms with E-state index in [2.05, 4.69) is 19.1 Å². The van der Waals surface area contributed by atoms with Crippen molar-refractivity contribution in [2.45, 2.75) is 39.7 Å². The molecule has 0 bridgehead atoms. The number of nitrogens with two attached hydrogens (primary N) is 1. The van der Waals surface area contributed by atoms with Crippen LogP contribution < -0.4 is 10.6 Å². The Labute approximate surface area is 137 Å². The minimum absolute atomic E-state index is 0.0434. The van der Waals surface area contributed by atoms with E-state index in [1.165, 1.54) is 5.56 Å². The topological polar surface area (TPSA) is 66.6 Å². The zero-order chi connectivity index (χ0) is 16.7. The lowest BCUT2D eigenvalue weighted by molar-refractivity contribution is -0.134. The number of anilines is 1. The highest BCUT2D eigenvalue weighted by molar-refractivity contribution is 6.01. The van der Waals surface area contributed by atoms with Gasteiger partial charge in [0.15, 0.2) is 0 Å². The Kier molecular flexibility index (Phi) is 4.15. The van der Waals surface area contributed by atoms with Gasteiger partial charge in [-0.05, 0) is 38.3 Å². The molecule has 124 valence electrons. The summed E-state index contributed by atoms with van der Waals surface area (Å²) in [4.78, 5) is 28.7. The molecule has 2 N–H and O–H groups in total. The molecule has 0 aromatic heterocycles. The SMILES string of the molecule is Cc1cc(C)c(N2C[C@@H](C(=O)N3CC[C@H](N)C3)CC2=O)c(C)c1. The van der Waals surface area contributed by atoms with Crippen LogP contribution in [0.5, 0.6) is 0 Å². The molecule has 2 aliphatic rings. The second kappa shape index (κ2) is 5.96. The summed E-state index contributed by atoms with van der Waals surface area (Å²) in [6.07, 6.45) is 1.16. The molecule has 2 fully saturated rings. The monoisotopic (exact) mass is 315 g/mol. The van der Waals surface area contributed by atoms with E-state index >= 15 is 0 Å². The van der Waals surface area contributed by atoms with E-state index in [0.29, 0.717) is 26.1 Å². The third kappa shape index (κ3) is 2.98. The molecule has 2 aliphatic heterocycles. The quantitative estimate of drug-likeness (QED) is 0.900. The fourth-order valence-corrected chi connectivity index (χ4v) is 3.93. The number of amides is 2. The van der Waals surface area contributed by atoms with Gasteiger partial charge in [0.25, 0.3) is 0 Å². The molecule has 2 saturated heterocycles. The molecule has 0 radical (unpaired) electrons. The minimum Gasteiger partial charge on any atom is -0.341 e. The first-order chi connectivity index (χ1) is 10.9. The molecule has 23 heavy (non-hydrogen) atoms. The van der Waals surface area contributed by atoms with Gasteiger partial charge in [-0.3, -0.25) is 9.59 Å². The van der Waals surface area contributed by atoms with Crippen LogP contribution in [0.15, 0.2) is 12.1 Å². The van der Waals surface area contributed by atoms with Gasteiger partial charge in [0, 0.05) is 37.8 Å². The maximum absolute atomic E-state index is 12.6. The minimum atomic E-state index is -0.243. The summed E-state index contributed by atoms with van der Waals surface area (Å²) in [7, 11) is 0. The van der Waals surface area contributed by atoms with Crippen LogP contribution in [0, 0.1) is 26.7 Å². The summed E-state index contributed by atoms with van der Waals surface area (Å²) in [5.74, 6) is -0.119. The molecular weight excluding hydrogens is 290 g/mol. The van der Waals surface area contributed by atoms with E-state index in [9.17, 15) is 9.59 Å². The normalized spacial score (nSPS) is 24.6. The zero-order valence-electron chi connectivity index (χ0n) is 14.1. The third-order valence-corrected chi connectivity index (χ3v) is 4.92. The molecule has 5 nitrogen and oxygen atoms in total. The van der Waals surface area contributed by atoms with E-state index in [-0.39, 0.29) is 23.8 Å². The van der Waals surface area contributed by atoms with Crippen molar-refractivity contribution in [2.24, 2.45) is 11.7 Å². The fourth-order valence-electron chi connectivity index (χ4n) is 3.93. The Morgan fingerprint density at radius 2 is 1.83 bits per heavy atom. The van der Waals surface area contributed by atoms with Gasteiger partial charge < -0.3 is 15.5 Å². The van der Waals surface area contributed by atoms with Crippen LogP contribution >= 0.6 is 0 Å². The van der Waals surface area contributed by atoms with Crippen LogP contribution in [-0.4, -0.2) is 42.4 Å². The molecule has 2 amide bonds. The van der Waals surface area contributed by atoms with Crippen LogP contribution in [0.4, 0.5) is 5.69 Å².